The Hall–Kier alpha value is -1.69. The fraction of sp³-hybridized carbons (Fsp3) is 0.632. The summed E-state index contributed by atoms with van der Waals surface area (Å²) in [5.41, 5.74) is 0.186. The molecule has 1 aromatic carbocycles. The number of hydrogen-bond acceptors (Lipinski definition) is 7. The molecule has 0 spiro atoms. The van der Waals surface area contributed by atoms with Crippen LogP contribution in [0.25, 0.3) is 0 Å². The molecule has 2 atom stereocenters. The Balaban J connectivity index is 2.97. The van der Waals surface area contributed by atoms with Crippen molar-refractivity contribution in [3.8, 4) is 0 Å². The van der Waals surface area contributed by atoms with Crippen LogP contribution in [0.15, 0.2) is 30.3 Å². The van der Waals surface area contributed by atoms with Crippen molar-refractivity contribution < 1.29 is 35.1 Å². The lowest BCUT2D eigenvalue weighted by Gasteiger charge is -2.26. The van der Waals surface area contributed by atoms with Gasteiger partial charge in [0.1, 0.15) is 5.60 Å². The number of carbonyl (C=O) groups is 1. The summed E-state index contributed by atoms with van der Waals surface area (Å²) < 4.78 is 64.5. The maximum absolute atomic E-state index is 12.2. The molecule has 0 aromatic heterocycles. The van der Waals surface area contributed by atoms with Crippen molar-refractivity contribution in [2.45, 2.75) is 51.7 Å². The SMILES string of the molecule is CC(C)(C)OC(=O)N[C@H](CCS(=O)(=O)O)CC(COS(C)(=O)=O)Cc1ccccc1. The zero-order valence-corrected chi connectivity index (χ0v) is 19.3. The van der Waals surface area contributed by atoms with Crippen LogP contribution in [0.1, 0.15) is 39.2 Å². The Bertz CT molecular complexity index is 877. The third-order valence-electron chi connectivity index (χ3n) is 3.95. The second-order valence-corrected chi connectivity index (χ2v) is 11.4. The molecule has 30 heavy (non-hydrogen) atoms. The monoisotopic (exact) mass is 465 g/mol. The molecule has 11 heteroatoms. The second-order valence-electron chi connectivity index (χ2n) is 8.20. The van der Waals surface area contributed by atoms with Crippen LogP contribution in [0.4, 0.5) is 4.79 Å². The molecule has 0 fully saturated rings. The van der Waals surface area contributed by atoms with Crippen molar-refractivity contribution in [1.29, 1.82) is 0 Å². The van der Waals surface area contributed by atoms with Crippen LogP contribution in [-0.2, 0) is 35.6 Å². The first-order chi connectivity index (χ1) is 13.6. The highest BCUT2D eigenvalue weighted by Crippen LogP contribution is 2.19. The molecule has 0 aliphatic heterocycles. The van der Waals surface area contributed by atoms with Crippen molar-refractivity contribution in [2.75, 3.05) is 18.6 Å². The lowest BCUT2D eigenvalue weighted by Crippen LogP contribution is -2.41. The minimum absolute atomic E-state index is 0.0672. The van der Waals surface area contributed by atoms with E-state index < -0.39 is 43.7 Å². The van der Waals surface area contributed by atoms with E-state index in [2.05, 4.69) is 5.32 Å². The average Bonchev–Trinajstić information content (AvgIpc) is 2.55. The molecule has 1 unspecified atom stereocenters. The van der Waals surface area contributed by atoms with Crippen LogP contribution >= 0.6 is 0 Å². The van der Waals surface area contributed by atoms with Gasteiger partial charge in [-0.05, 0) is 51.5 Å². The molecule has 1 amide bonds. The lowest BCUT2D eigenvalue weighted by molar-refractivity contribution is 0.0492. The van der Waals surface area contributed by atoms with E-state index in [1.54, 1.807) is 20.8 Å². The molecular weight excluding hydrogens is 434 g/mol. The van der Waals surface area contributed by atoms with Crippen molar-refractivity contribution in [2.24, 2.45) is 5.92 Å². The Labute approximate surface area is 179 Å². The van der Waals surface area contributed by atoms with Crippen LogP contribution in [0.2, 0.25) is 0 Å². The molecule has 0 radical (unpaired) electrons. The van der Waals surface area contributed by atoms with Crippen molar-refractivity contribution >= 4 is 26.3 Å². The Morgan fingerprint density at radius 2 is 1.73 bits per heavy atom. The van der Waals surface area contributed by atoms with E-state index in [0.29, 0.717) is 6.42 Å². The fourth-order valence-electron chi connectivity index (χ4n) is 2.79. The van der Waals surface area contributed by atoms with E-state index in [1.165, 1.54) is 0 Å². The maximum Gasteiger partial charge on any atom is 0.407 e. The standard InChI is InChI=1S/C19H31NO8S2/c1-19(2,3)28-18(21)20-17(10-11-30(24,25)26)13-16(14-27-29(4,22)23)12-15-8-6-5-7-9-15/h5-9,16-17H,10-14H2,1-4H3,(H,20,21)(H,24,25,26)/t16?,17-/m1/s1. The fourth-order valence-corrected chi connectivity index (χ4v) is 3.82. The molecule has 2 N–H and O–H groups in total. The number of hydrogen-bond donors (Lipinski definition) is 2. The summed E-state index contributed by atoms with van der Waals surface area (Å²) in [7, 11) is -7.92. The van der Waals surface area contributed by atoms with Crippen LogP contribution in [0, 0.1) is 5.92 Å². The number of rotatable bonds is 11. The molecule has 0 aliphatic rings. The van der Waals surface area contributed by atoms with Crippen molar-refractivity contribution in [3.63, 3.8) is 0 Å². The minimum Gasteiger partial charge on any atom is -0.444 e. The van der Waals surface area contributed by atoms with Gasteiger partial charge in [-0.1, -0.05) is 30.3 Å². The summed E-state index contributed by atoms with van der Waals surface area (Å²) >= 11 is 0. The van der Waals surface area contributed by atoms with Crippen LogP contribution in [-0.4, -0.2) is 57.7 Å². The summed E-state index contributed by atoms with van der Waals surface area (Å²) in [6, 6.07) is 8.62. The predicted molar refractivity (Wildman–Crippen MR) is 113 cm³/mol. The number of ether oxygens (including phenoxy) is 1. The Morgan fingerprint density at radius 3 is 2.23 bits per heavy atom. The van der Waals surface area contributed by atoms with Crippen molar-refractivity contribution in [3.05, 3.63) is 35.9 Å². The summed E-state index contributed by atoms with van der Waals surface area (Å²) in [4.78, 5) is 12.2. The van der Waals surface area contributed by atoms with Crippen LogP contribution in [0.3, 0.4) is 0 Å². The normalized spacial score (nSPS) is 14.7. The number of amides is 1. The molecule has 0 saturated heterocycles. The minimum atomic E-state index is -4.24. The summed E-state index contributed by atoms with van der Waals surface area (Å²) in [5.74, 6) is -0.901. The van der Waals surface area contributed by atoms with Gasteiger partial charge < -0.3 is 10.1 Å². The van der Waals surface area contributed by atoms with Gasteiger partial charge in [0.2, 0.25) is 0 Å². The third kappa shape index (κ3) is 13.5. The highest BCUT2D eigenvalue weighted by molar-refractivity contribution is 7.86. The van der Waals surface area contributed by atoms with Gasteiger partial charge in [-0.25, -0.2) is 4.79 Å². The van der Waals surface area contributed by atoms with Gasteiger partial charge in [-0.15, -0.1) is 0 Å². The second kappa shape index (κ2) is 11.1. The van der Waals surface area contributed by atoms with E-state index in [9.17, 15) is 21.6 Å². The van der Waals surface area contributed by atoms with E-state index >= 15 is 0 Å². The molecule has 0 heterocycles. The van der Waals surface area contributed by atoms with Gasteiger partial charge in [0.25, 0.3) is 20.2 Å². The number of alkyl carbamates (subject to hydrolysis) is 1. The zero-order chi connectivity index (χ0) is 23.0. The molecule has 9 nitrogen and oxygen atoms in total. The van der Waals surface area contributed by atoms with Crippen molar-refractivity contribution in [1.82, 2.24) is 5.32 Å². The van der Waals surface area contributed by atoms with E-state index in [1.807, 2.05) is 30.3 Å². The van der Waals surface area contributed by atoms with Gasteiger partial charge in [-0.3, -0.25) is 8.74 Å². The van der Waals surface area contributed by atoms with E-state index in [0.717, 1.165) is 11.8 Å². The molecule has 0 saturated carbocycles. The third-order valence-corrected chi connectivity index (χ3v) is 5.26. The molecular formula is C19H31NO8S2. The number of benzene rings is 1. The van der Waals surface area contributed by atoms with Gasteiger partial charge in [-0.2, -0.15) is 16.8 Å². The Morgan fingerprint density at radius 1 is 1.13 bits per heavy atom. The van der Waals surface area contributed by atoms with Crippen LogP contribution < -0.4 is 5.32 Å². The largest absolute Gasteiger partial charge is 0.444 e. The zero-order valence-electron chi connectivity index (χ0n) is 17.7. The number of nitrogens with one attached hydrogen (secondary N) is 1. The predicted octanol–water partition coefficient (Wildman–Crippen LogP) is 2.38. The highest BCUT2D eigenvalue weighted by Gasteiger charge is 2.25. The molecule has 1 aromatic rings. The number of carbonyl (C=O) groups excluding carboxylic acids is 1. The van der Waals surface area contributed by atoms with E-state index in [4.69, 9.17) is 13.5 Å². The van der Waals surface area contributed by atoms with Gasteiger partial charge in [0.05, 0.1) is 18.6 Å². The molecule has 0 aliphatic carbocycles. The van der Waals surface area contributed by atoms with E-state index in [-0.39, 0.29) is 25.4 Å². The van der Waals surface area contributed by atoms with Gasteiger partial charge in [0, 0.05) is 6.04 Å². The first-order valence-electron chi connectivity index (χ1n) is 9.46. The molecule has 172 valence electrons. The molecule has 0 bridgehead atoms. The lowest BCUT2D eigenvalue weighted by atomic mass is 9.92. The smallest absolute Gasteiger partial charge is 0.407 e. The first kappa shape index (κ1) is 26.3. The van der Waals surface area contributed by atoms with Gasteiger partial charge in [0.15, 0.2) is 0 Å². The van der Waals surface area contributed by atoms with Gasteiger partial charge >= 0.3 is 6.09 Å². The van der Waals surface area contributed by atoms with Crippen LogP contribution in [0.5, 0.6) is 0 Å². The maximum atomic E-state index is 12.2. The highest BCUT2D eigenvalue weighted by atomic mass is 32.2. The topological polar surface area (TPSA) is 136 Å². The first-order valence-corrected chi connectivity index (χ1v) is 12.9. The Kier molecular flexibility index (Phi) is 9.73. The summed E-state index contributed by atoms with van der Waals surface area (Å²) in [6.07, 6.45) is 0.822. The summed E-state index contributed by atoms with van der Waals surface area (Å²) in [5, 5.41) is 2.62. The molecule has 1 rings (SSSR count). The average molecular weight is 466 g/mol. The quantitative estimate of drug-likeness (QED) is 0.375. The summed E-state index contributed by atoms with van der Waals surface area (Å²) in [6.45, 7) is 4.94.